The van der Waals surface area contributed by atoms with Crippen molar-refractivity contribution in [2.45, 2.75) is 38.5 Å². The van der Waals surface area contributed by atoms with Crippen LogP contribution in [0.15, 0.2) is 48.5 Å². The molecule has 0 radical (unpaired) electrons. The minimum atomic E-state index is -0.367. The first-order valence-electron chi connectivity index (χ1n) is 9.12. The van der Waals surface area contributed by atoms with Gasteiger partial charge in [0.1, 0.15) is 11.5 Å². The molecule has 0 atom stereocenters. The molecule has 3 aliphatic rings. The van der Waals surface area contributed by atoms with Gasteiger partial charge in [-0.2, -0.15) is 0 Å². The fraction of sp³-hybridized carbons (Fsp3) is 0.364. The van der Waals surface area contributed by atoms with Crippen molar-refractivity contribution in [2.75, 3.05) is 0 Å². The summed E-state index contributed by atoms with van der Waals surface area (Å²) in [5.74, 6) is 0.598. The zero-order chi connectivity index (χ0) is 18.4. The number of carbonyl (C=O) groups is 2. The number of fused-ring (bicyclic) bond motifs is 3. The largest absolute Gasteiger partial charge is 0.508 e. The monoisotopic (exact) mass is 350 g/mol. The number of carbonyl (C=O) groups excluding carboxylic acids is 2. The first-order chi connectivity index (χ1) is 12.4. The molecule has 4 nitrogen and oxygen atoms in total. The Morgan fingerprint density at radius 1 is 0.577 bits per heavy atom. The van der Waals surface area contributed by atoms with Crippen molar-refractivity contribution >= 4 is 11.6 Å². The lowest BCUT2D eigenvalue weighted by molar-refractivity contribution is 0.00633. The quantitative estimate of drug-likeness (QED) is 0.796. The third-order valence-corrected chi connectivity index (χ3v) is 6.47. The smallest absolute Gasteiger partial charge is 0.169 e. The molecule has 0 heterocycles. The summed E-state index contributed by atoms with van der Waals surface area (Å²) in [5.41, 5.74) is 0.547. The molecule has 26 heavy (non-hydrogen) atoms. The van der Waals surface area contributed by atoms with Gasteiger partial charge >= 0.3 is 0 Å². The second-order valence-corrected chi connectivity index (χ2v) is 7.81. The maximum Gasteiger partial charge on any atom is 0.169 e. The van der Waals surface area contributed by atoms with Gasteiger partial charge < -0.3 is 10.2 Å². The zero-order valence-corrected chi connectivity index (χ0v) is 14.6. The second-order valence-electron chi connectivity index (χ2n) is 7.81. The summed E-state index contributed by atoms with van der Waals surface area (Å²) >= 11 is 0. The molecule has 3 fully saturated rings. The van der Waals surface area contributed by atoms with Gasteiger partial charge in [0.05, 0.1) is 0 Å². The van der Waals surface area contributed by atoms with Crippen LogP contribution in [0.1, 0.15) is 59.2 Å². The SMILES string of the molecule is O=C(c1ccc(O)cc1)C12CCC(C(=O)c3ccc(O)cc3)(CC1)CC2. The Kier molecular flexibility index (Phi) is 3.87. The summed E-state index contributed by atoms with van der Waals surface area (Å²) in [6.45, 7) is 0. The van der Waals surface area contributed by atoms with Gasteiger partial charge in [-0.1, -0.05) is 0 Å². The van der Waals surface area contributed by atoms with Crippen molar-refractivity contribution in [1.82, 2.24) is 0 Å². The number of Topliss-reactive ketones (excluding diaryl/α,β-unsaturated/α-hetero) is 2. The van der Waals surface area contributed by atoms with Gasteiger partial charge in [-0.3, -0.25) is 9.59 Å². The van der Waals surface area contributed by atoms with Crippen molar-refractivity contribution in [2.24, 2.45) is 10.8 Å². The highest BCUT2D eigenvalue weighted by Crippen LogP contribution is 2.59. The van der Waals surface area contributed by atoms with E-state index in [1.54, 1.807) is 48.5 Å². The van der Waals surface area contributed by atoms with Crippen LogP contribution in [0.5, 0.6) is 11.5 Å². The second kappa shape index (κ2) is 5.97. The molecular formula is C22H22O4. The number of rotatable bonds is 4. The summed E-state index contributed by atoms with van der Waals surface area (Å²) in [6, 6.07) is 12.9. The number of phenolic OH excluding ortho intramolecular Hbond substituents is 2. The molecule has 3 saturated carbocycles. The molecule has 0 amide bonds. The molecule has 2 bridgehead atoms. The minimum Gasteiger partial charge on any atom is -0.508 e. The Morgan fingerprint density at radius 3 is 1.12 bits per heavy atom. The van der Waals surface area contributed by atoms with Crippen molar-refractivity contribution in [3.63, 3.8) is 0 Å². The average Bonchev–Trinajstić information content (AvgIpc) is 2.69. The molecule has 134 valence electrons. The lowest BCUT2D eigenvalue weighted by Crippen LogP contribution is -2.49. The van der Waals surface area contributed by atoms with E-state index in [2.05, 4.69) is 0 Å². The Balaban J connectivity index is 1.54. The molecule has 0 unspecified atom stereocenters. The molecule has 4 heteroatoms. The number of aromatic hydroxyl groups is 2. The molecule has 5 rings (SSSR count). The summed E-state index contributed by atoms with van der Waals surface area (Å²) in [5, 5.41) is 18.9. The predicted molar refractivity (Wildman–Crippen MR) is 97.4 cm³/mol. The highest BCUT2D eigenvalue weighted by Gasteiger charge is 2.55. The summed E-state index contributed by atoms with van der Waals surface area (Å²) in [4.78, 5) is 26.2. The highest BCUT2D eigenvalue weighted by molar-refractivity contribution is 6.03. The summed E-state index contributed by atoms with van der Waals surface area (Å²) in [6.07, 6.45) is 4.40. The lowest BCUT2D eigenvalue weighted by atomic mass is 9.50. The normalized spacial score (nSPS) is 27.2. The number of hydrogen-bond acceptors (Lipinski definition) is 4. The van der Waals surface area contributed by atoms with E-state index in [1.807, 2.05) is 0 Å². The Bertz CT molecular complexity index is 751. The van der Waals surface area contributed by atoms with Gasteiger partial charge in [-0.05, 0) is 87.1 Å². The van der Waals surface area contributed by atoms with Crippen molar-refractivity contribution in [3.05, 3.63) is 59.7 Å². The standard InChI is InChI=1S/C22H22O4/c23-17-5-1-15(2-6-17)19(25)21-9-12-22(13-10-21,14-11-21)20(26)16-3-7-18(24)8-4-16/h1-8,23-24H,9-14H2. The fourth-order valence-electron chi connectivity index (χ4n) is 4.70. The van der Waals surface area contributed by atoms with Crippen LogP contribution in [0.25, 0.3) is 0 Å². The van der Waals surface area contributed by atoms with E-state index in [9.17, 15) is 19.8 Å². The van der Waals surface area contributed by atoms with E-state index >= 15 is 0 Å². The highest BCUT2D eigenvalue weighted by atomic mass is 16.3. The Hall–Kier alpha value is -2.62. The first kappa shape index (κ1) is 16.8. The topological polar surface area (TPSA) is 74.6 Å². The number of phenols is 2. The van der Waals surface area contributed by atoms with E-state index < -0.39 is 0 Å². The van der Waals surface area contributed by atoms with E-state index in [0.29, 0.717) is 11.1 Å². The van der Waals surface area contributed by atoms with E-state index in [1.165, 1.54) is 0 Å². The van der Waals surface area contributed by atoms with Crippen LogP contribution < -0.4 is 0 Å². The molecular weight excluding hydrogens is 328 g/mol. The van der Waals surface area contributed by atoms with E-state index in [4.69, 9.17) is 0 Å². The van der Waals surface area contributed by atoms with Crippen molar-refractivity contribution in [3.8, 4) is 11.5 Å². The van der Waals surface area contributed by atoms with Gasteiger partial charge in [0.15, 0.2) is 11.6 Å². The minimum absolute atomic E-state index is 0.142. The third-order valence-electron chi connectivity index (χ3n) is 6.47. The van der Waals surface area contributed by atoms with Gasteiger partial charge in [0, 0.05) is 22.0 Å². The van der Waals surface area contributed by atoms with Gasteiger partial charge in [-0.15, -0.1) is 0 Å². The fourth-order valence-corrected chi connectivity index (χ4v) is 4.70. The van der Waals surface area contributed by atoms with E-state index in [0.717, 1.165) is 38.5 Å². The number of ketones is 2. The van der Waals surface area contributed by atoms with Crippen LogP contribution in [0.2, 0.25) is 0 Å². The summed E-state index contributed by atoms with van der Waals surface area (Å²) in [7, 11) is 0. The third kappa shape index (κ3) is 2.61. The molecule has 2 aromatic rings. The van der Waals surface area contributed by atoms with Crippen LogP contribution >= 0.6 is 0 Å². The van der Waals surface area contributed by atoms with Crippen LogP contribution in [-0.4, -0.2) is 21.8 Å². The van der Waals surface area contributed by atoms with Gasteiger partial charge in [0.25, 0.3) is 0 Å². The van der Waals surface area contributed by atoms with Gasteiger partial charge in [-0.25, -0.2) is 0 Å². The van der Waals surface area contributed by atoms with Crippen LogP contribution in [0.4, 0.5) is 0 Å². The Morgan fingerprint density at radius 2 is 0.846 bits per heavy atom. The molecule has 0 aromatic heterocycles. The molecule has 0 spiro atoms. The van der Waals surface area contributed by atoms with E-state index in [-0.39, 0.29) is 33.9 Å². The van der Waals surface area contributed by atoms with Gasteiger partial charge in [0.2, 0.25) is 0 Å². The Labute approximate surface area is 152 Å². The van der Waals surface area contributed by atoms with Crippen LogP contribution in [-0.2, 0) is 0 Å². The molecule has 2 N–H and O–H groups in total. The average molecular weight is 350 g/mol. The molecule has 3 aliphatic carbocycles. The molecule has 2 aromatic carbocycles. The number of hydrogen-bond donors (Lipinski definition) is 2. The first-order valence-corrected chi connectivity index (χ1v) is 9.12. The lowest BCUT2D eigenvalue weighted by Gasteiger charge is -2.51. The number of benzene rings is 2. The van der Waals surface area contributed by atoms with Crippen LogP contribution in [0.3, 0.4) is 0 Å². The molecule has 0 saturated heterocycles. The predicted octanol–water partition coefficient (Wildman–Crippen LogP) is 4.50. The zero-order valence-electron chi connectivity index (χ0n) is 14.6. The van der Waals surface area contributed by atoms with Crippen molar-refractivity contribution < 1.29 is 19.8 Å². The van der Waals surface area contributed by atoms with Crippen LogP contribution in [0, 0.1) is 10.8 Å². The molecule has 0 aliphatic heterocycles. The maximum atomic E-state index is 13.1. The maximum absolute atomic E-state index is 13.1. The van der Waals surface area contributed by atoms with Crippen molar-refractivity contribution in [1.29, 1.82) is 0 Å². The summed E-state index contributed by atoms with van der Waals surface area (Å²) < 4.78 is 0.